The Kier molecular flexibility index (Phi) is 23.9. The van der Waals surface area contributed by atoms with E-state index in [-0.39, 0.29) is 43.5 Å². The van der Waals surface area contributed by atoms with E-state index >= 15 is 0 Å². The van der Waals surface area contributed by atoms with Crippen LogP contribution in [0.3, 0.4) is 0 Å². The van der Waals surface area contributed by atoms with Crippen molar-refractivity contribution in [3.8, 4) is 0 Å². The van der Waals surface area contributed by atoms with Crippen molar-refractivity contribution in [3.05, 3.63) is 24.3 Å². The molecule has 0 unspecified atom stereocenters. The molecular formula is C36H63O11P. The molecular weight excluding hydrogens is 639 g/mol. The molecule has 0 heterocycles. The van der Waals surface area contributed by atoms with E-state index in [4.69, 9.17) is 19.3 Å². The number of aliphatic hydroxyl groups excluding tert-OH is 2. The van der Waals surface area contributed by atoms with Gasteiger partial charge in [-0.2, -0.15) is 0 Å². The van der Waals surface area contributed by atoms with Crippen LogP contribution in [0.1, 0.15) is 136 Å². The van der Waals surface area contributed by atoms with Gasteiger partial charge in [0.15, 0.2) is 6.10 Å². The van der Waals surface area contributed by atoms with Crippen LogP contribution in [0.15, 0.2) is 24.3 Å². The Hall–Kier alpha value is -1.88. The number of hydrogen-bond donors (Lipinski definition) is 4. The van der Waals surface area contributed by atoms with Crippen molar-refractivity contribution in [2.24, 2.45) is 17.8 Å². The van der Waals surface area contributed by atoms with Crippen molar-refractivity contribution < 1.29 is 52.9 Å². The van der Waals surface area contributed by atoms with E-state index in [1.165, 1.54) is 25.7 Å². The number of phosphoric ester groups is 1. The second-order valence-electron chi connectivity index (χ2n) is 13.5. The third-order valence-corrected chi connectivity index (χ3v) is 9.00. The van der Waals surface area contributed by atoms with Gasteiger partial charge in [-0.15, -0.1) is 0 Å². The summed E-state index contributed by atoms with van der Waals surface area (Å²) in [6.07, 6.45) is 18.7. The van der Waals surface area contributed by atoms with Crippen LogP contribution in [0.4, 0.5) is 0 Å². The Morgan fingerprint density at radius 1 is 0.896 bits per heavy atom. The van der Waals surface area contributed by atoms with Gasteiger partial charge in [-0.1, -0.05) is 109 Å². The van der Waals surface area contributed by atoms with Crippen LogP contribution in [0.25, 0.3) is 0 Å². The minimum atomic E-state index is -4.82. The molecule has 0 bridgehead atoms. The average molecular weight is 703 g/mol. The van der Waals surface area contributed by atoms with Gasteiger partial charge in [0, 0.05) is 31.1 Å². The number of unbranched alkanes of at least 4 members (excludes halogenated alkanes) is 9. The molecule has 1 saturated carbocycles. The summed E-state index contributed by atoms with van der Waals surface area (Å²) in [5.41, 5.74) is 0. The molecule has 5 atom stereocenters. The van der Waals surface area contributed by atoms with Crippen molar-refractivity contribution >= 4 is 25.5 Å². The molecule has 1 rings (SSSR count). The van der Waals surface area contributed by atoms with Crippen molar-refractivity contribution in [2.45, 2.75) is 155 Å². The standard InChI is InChI=1S/C36H63O11P/c1-4-5-13-19-29(37)23-24-32-31(33(38)25-34(32)39)20-15-11-12-17-22-36(41)47-30(27-46-48(42,43)44)26-45-35(40)21-16-10-8-6-7-9-14-18-28(2)3/h11,15,23-24,28-32,34,37,39H,4-10,12-14,16-22,25-27H2,1-3H3,(H2,42,43,44)/b15-11-,24-23+/t29-,30+,31+,32+,34+/m0/s1. The summed E-state index contributed by atoms with van der Waals surface area (Å²) in [4.78, 5) is 55.2. The molecule has 11 nitrogen and oxygen atoms in total. The highest BCUT2D eigenvalue weighted by atomic mass is 31.2. The van der Waals surface area contributed by atoms with E-state index in [1.54, 1.807) is 12.2 Å². The highest BCUT2D eigenvalue weighted by molar-refractivity contribution is 7.46. The Bertz CT molecular complexity index is 1010. The maximum absolute atomic E-state index is 12.5. The number of phosphoric acid groups is 1. The predicted molar refractivity (Wildman–Crippen MR) is 185 cm³/mol. The topological polar surface area (TPSA) is 177 Å². The maximum Gasteiger partial charge on any atom is 0.469 e. The summed E-state index contributed by atoms with van der Waals surface area (Å²) in [5.74, 6) is -1.10. The molecule has 48 heavy (non-hydrogen) atoms. The number of rotatable bonds is 28. The van der Waals surface area contributed by atoms with E-state index in [9.17, 15) is 29.2 Å². The van der Waals surface area contributed by atoms with Crippen LogP contribution in [0.2, 0.25) is 0 Å². The molecule has 0 radical (unpaired) electrons. The van der Waals surface area contributed by atoms with Gasteiger partial charge < -0.3 is 29.5 Å². The summed E-state index contributed by atoms with van der Waals surface area (Å²) >= 11 is 0. The number of ether oxygens (including phenoxy) is 2. The summed E-state index contributed by atoms with van der Waals surface area (Å²) in [5, 5.41) is 20.6. The molecule has 4 N–H and O–H groups in total. The van der Waals surface area contributed by atoms with Crippen molar-refractivity contribution in [2.75, 3.05) is 13.2 Å². The molecule has 0 amide bonds. The van der Waals surface area contributed by atoms with E-state index in [2.05, 4.69) is 25.3 Å². The zero-order chi connectivity index (χ0) is 35.8. The number of allylic oxidation sites excluding steroid dienone is 2. The lowest BCUT2D eigenvalue weighted by Gasteiger charge is -2.18. The van der Waals surface area contributed by atoms with Gasteiger partial charge in [0.25, 0.3) is 0 Å². The Morgan fingerprint density at radius 3 is 2.21 bits per heavy atom. The quantitative estimate of drug-likeness (QED) is 0.0289. The van der Waals surface area contributed by atoms with E-state index in [0.717, 1.165) is 44.4 Å². The summed E-state index contributed by atoms with van der Waals surface area (Å²) < 4.78 is 26.2. The second-order valence-corrected chi connectivity index (χ2v) is 14.7. The summed E-state index contributed by atoms with van der Waals surface area (Å²) in [6.45, 7) is 5.57. The number of aliphatic hydroxyl groups is 2. The molecule has 12 heteroatoms. The van der Waals surface area contributed by atoms with E-state index in [1.807, 2.05) is 12.2 Å². The fourth-order valence-corrected chi connectivity index (χ4v) is 6.07. The molecule has 0 saturated heterocycles. The first kappa shape index (κ1) is 44.1. The van der Waals surface area contributed by atoms with Gasteiger partial charge >= 0.3 is 19.8 Å². The summed E-state index contributed by atoms with van der Waals surface area (Å²) in [7, 11) is -4.82. The zero-order valence-electron chi connectivity index (χ0n) is 29.5. The molecule has 1 aliphatic rings. The first-order valence-electron chi connectivity index (χ1n) is 18.1. The highest BCUT2D eigenvalue weighted by Gasteiger charge is 2.39. The van der Waals surface area contributed by atoms with Crippen LogP contribution < -0.4 is 0 Å². The normalized spacial score (nSPS) is 19.8. The van der Waals surface area contributed by atoms with Crippen molar-refractivity contribution in [1.82, 2.24) is 0 Å². The van der Waals surface area contributed by atoms with Crippen molar-refractivity contribution in [1.29, 1.82) is 0 Å². The number of carbonyl (C=O) groups excluding carboxylic acids is 3. The minimum Gasteiger partial charge on any atom is -0.462 e. The molecule has 0 spiro atoms. The number of carbonyl (C=O) groups is 3. The van der Waals surface area contributed by atoms with Gasteiger partial charge in [0.05, 0.1) is 18.8 Å². The lowest BCUT2D eigenvalue weighted by molar-refractivity contribution is -0.161. The van der Waals surface area contributed by atoms with E-state index < -0.39 is 44.7 Å². The number of Topliss-reactive ketones (excluding diaryl/α,β-unsaturated/α-hetero) is 1. The van der Waals surface area contributed by atoms with Gasteiger partial charge in [0.2, 0.25) is 0 Å². The average Bonchev–Trinajstić information content (AvgIpc) is 3.28. The van der Waals surface area contributed by atoms with Crippen LogP contribution >= 0.6 is 7.82 Å². The van der Waals surface area contributed by atoms with Crippen LogP contribution in [0.5, 0.6) is 0 Å². The van der Waals surface area contributed by atoms with Gasteiger partial charge in [-0.05, 0) is 38.0 Å². The first-order chi connectivity index (χ1) is 22.8. The molecule has 0 aromatic rings. The molecule has 1 fully saturated rings. The minimum absolute atomic E-state index is 0.0157. The van der Waals surface area contributed by atoms with Crippen molar-refractivity contribution in [3.63, 3.8) is 0 Å². The second kappa shape index (κ2) is 26.0. The third-order valence-electron chi connectivity index (χ3n) is 8.52. The number of esters is 2. The van der Waals surface area contributed by atoms with Crippen LogP contribution in [0, 0.1) is 17.8 Å². The Morgan fingerprint density at radius 2 is 1.54 bits per heavy atom. The molecule has 0 aromatic carbocycles. The SMILES string of the molecule is CCCCC[C@H](O)/C=C/[C@H]1[C@H](O)CC(=O)[C@@H]1C/C=C\CCCC(=O)O[C@H](COC(=O)CCCCCCCCCC(C)C)COP(=O)(O)O. The van der Waals surface area contributed by atoms with Crippen LogP contribution in [-0.4, -0.2) is 69.2 Å². The van der Waals surface area contributed by atoms with Crippen LogP contribution in [-0.2, 0) is 32.9 Å². The monoisotopic (exact) mass is 702 g/mol. The largest absolute Gasteiger partial charge is 0.469 e. The Labute approximate surface area is 288 Å². The third kappa shape index (κ3) is 22.7. The molecule has 0 aliphatic heterocycles. The number of hydrogen-bond acceptors (Lipinski definition) is 9. The lowest BCUT2D eigenvalue weighted by atomic mass is 9.90. The molecule has 1 aliphatic carbocycles. The van der Waals surface area contributed by atoms with Gasteiger partial charge in [-0.25, -0.2) is 4.57 Å². The number of ketones is 1. The fourth-order valence-electron chi connectivity index (χ4n) is 5.71. The van der Waals surface area contributed by atoms with Gasteiger partial charge in [0.1, 0.15) is 12.4 Å². The highest BCUT2D eigenvalue weighted by Crippen LogP contribution is 2.36. The summed E-state index contributed by atoms with van der Waals surface area (Å²) in [6, 6.07) is 0. The van der Waals surface area contributed by atoms with E-state index in [0.29, 0.717) is 32.1 Å². The zero-order valence-corrected chi connectivity index (χ0v) is 30.4. The predicted octanol–water partition coefficient (Wildman–Crippen LogP) is 6.90. The molecule has 0 aromatic heterocycles. The fraction of sp³-hybridized carbons (Fsp3) is 0.806. The first-order valence-corrected chi connectivity index (χ1v) is 19.6. The van der Waals surface area contributed by atoms with Gasteiger partial charge in [-0.3, -0.25) is 18.9 Å². The molecule has 278 valence electrons. The smallest absolute Gasteiger partial charge is 0.462 e. The Balaban J connectivity index is 2.40. The maximum atomic E-state index is 12.5. The lowest BCUT2D eigenvalue weighted by Crippen LogP contribution is -2.29.